The van der Waals surface area contributed by atoms with Gasteiger partial charge in [0, 0.05) is 39.0 Å². The molecule has 3 nitrogen and oxygen atoms in total. The summed E-state index contributed by atoms with van der Waals surface area (Å²) in [5.41, 5.74) is 5.07. The van der Waals surface area contributed by atoms with Gasteiger partial charge in [0.25, 0.3) is 0 Å². The van der Waals surface area contributed by atoms with Gasteiger partial charge in [0.2, 0.25) is 0 Å². The molecule has 5 heteroatoms. The summed E-state index contributed by atoms with van der Waals surface area (Å²) in [5, 5.41) is 10.4. The van der Waals surface area contributed by atoms with Crippen LogP contribution in [0.15, 0.2) is 146 Å². The molecule has 0 aliphatic heterocycles. The molecule has 43 heavy (non-hydrogen) atoms. The zero-order chi connectivity index (χ0) is 28.5. The standard InChI is InChI=1S/C38H24N3PS/c43-42(28-21-20-25-10-1-2-11-26(25)22-28,29-23-27-12-3-7-16-33(27)39-24-29)36-19-9-17-34-37(36)41-35-18-8-6-14-31(35)30-13-4-5-15-32(30)38(41)40-34/h1-24H. The van der Waals surface area contributed by atoms with E-state index in [1.165, 1.54) is 21.5 Å². The van der Waals surface area contributed by atoms with Gasteiger partial charge in [-0.25, -0.2) is 4.98 Å². The summed E-state index contributed by atoms with van der Waals surface area (Å²) in [6, 6.07) is 46.8. The molecule has 0 saturated carbocycles. The van der Waals surface area contributed by atoms with Crippen LogP contribution in [-0.4, -0.2) is 14.4 Å². The molecular formula is C38H24N3PS. The Kier molecular flexibility index (Phi) is 5.34. The van der Waals surface area contributed by atoms with Crippen molar-refractivity contribution < 1.29 is 0 Å². The maximum Gasteiger partial charge on any atom is 0.146 e. The fraction of sp³-hybridized carbons (Fsp3) is 0. The number of rotatable bonds is 3. The second-order valence-corrected chi connectivity index (χ2v) is 15.4. The van der Waals surface area contributed by atoms with E-state index in [0.717, 1.165) is 54.4 Å². The third-order valence-electron chi connectivity index (χ3n) is 8.63. The summed E-state index contributed by atoms with van der Waals surface area (Å²) in [5.74, 6) is 0. The van der Waals surface area contributed by atoms with Crippen LogP contribution in [-0.2, 0) is 11.8 Å². The number of pyridine rings is 2. The molecule has 1 atom stereocenters. The minimum absolute atomic E-state index is 0.947. The Balaban J connectivity index is 1.47. The van der Waals surface area contributed by atoms with Crippen LogP contribution in [0.2, 0.25) is 0 Å². The molecular weight excluding hydrogens is 561 g/mol. The molecule has 9 aromatic rings. The topological polar surface area (TPSA) is 30.2 Å². The maximum atomic E-state index is 7.03. The average molecular weight is 586 g/mol. The largest absolute Gasteiger partial charge is 0.291 e. The summed E-state index contributed by atoms with van der Waals surface area (Å²) in [6.07, 6.45) is 2.01. The van der Waals surface area contributed by atoms with Gasteiger partial charge in [0.1, 0.15) is 5.65 Å². The van der Waals surface area contributed by atoms with Gasteiger partial charge in [0.15, 0.2) is 0 Å². The van der Waals surface area contributed by atoms with Gasteiger partial charge >= 0.3 is 0 Å². The Bertz CT molecular complexity index is 2540. The normalized spacial score (nSPS) is 13.4. The van der Waals surface area contributed by atoms with Crippen molar-refractivity contribution in [1.29, 1.82) is 0 Å². The molecule has 3 aromatic heterocycles. The van der Waals surface area contributed by atoms with E-state index in [1.807, 2.05) is 12.3 Å². The van der Waals surface area contributed by atoms with Crippen molar-refractivity contribution in [2.75, 3.05) is 0 Å². The van der Waals surface area contributed by atoms with Gasteiger partial charge in [-0.1, -0.05) is 121 Å². The highest BCUT2D eigenvalue weighted by atomic mass is 32.4. The summed E-state index contributed by atoms with van der Waals surface area (Å²) < 4.78 is 2.35. The van der Waals surface area contributed by atoms with Crippen LogP contribution in [0.5, 0.6) is 0 Å². The van der Waals surface area contributed by atoms with E-state index in [0.29, 0.717) is 0 Å². The van der Waals surface area contributed by atoms with Crippen molar-refractivity contribution in [2.24, 2.45) is 0 Å². The average Bonchev–Trinajstić information content (AvgIpc) is 3.48. The highest BCUT2D eigenvalue weighted by Crippen LogP contribution is 2.46. The van der Waals surface area contributed by atoms with Crippen LogP contribution >= 0.6 is 6.04 Å². The van der Waals surface area contributed by atoms with Crippen LogP contribution in [0.4, 0.5) is 0 Å². The molecule has 3 heterocycles. The molecule has 1 unspecified atom stereocenters. The molecule has 6 aromatic carbocycles. The van der Waals surface area contributed by atoms with Crippen LogP contribution in [0.1, 0.15) is 0 Å². The van der Waals surface area contributed by atoms with Crippen molar-refractivity contribution in [2.45, 2.75) is 0 Å². The number of hydrogen-bond acceptors (Lipinski definition) is 3. The Morgan fingerprint density at radius 2 is 1.21 bits per heavy atom. The quantitative estimate of drug-likeness (QED) is 0.155. The minimum atomic E-state index is -2.63. The first kappa shape index (κ1) is 24.7. The number of fused-ring (bicyclic) bond motifs is 10. The lowest BCUT2D eigenvalue weighted by Gasteiger charge is -2.25. The second-order valence-electron chi connectivity index (χ2n) is 11.0. The summed E-state index contributed by atoms with van der Waals surface area (Å²) in [6.45, 7) is 0. The molecule has 0 radical (unpaired) electrons. The lowest BCUT2D eigenvalue weighted by molar-refractivity contribution is 1.32. The fourth-order valence-electron chi connectivity index (χ4n) is 6.62. The van der Waals surface area contributed by atoms with E-state index in [9.17, 15) is 0 Å². The monoisotopic (exact) mass is 585 g/mol. The number of imidazole rings is 1. The highest BCUT2D eigenvalue weighted by molar-refractivity contribution is 8.25. The maximum absolute atomic E-state index is 7.03. The predicted molar refractivity (Wildman–Crippen MR) is 187 cm³/mol. The van der Waals surface area contributed by atoms with E-state index in [-0.39, 0.29) is 0 Å². The minimum Gasteiger partial charge on any atom is -0.291 e. The molecule has 9 rings (SSSR count). The van der Waals surface area contributed by atoms with Crippen molar-refractivity contribution in [3.8, 4) is 0 Å². The molecule has 0 fully saturated rings. The molecule has 0 saturated heterocycles. The molecule has 0 amide bonds. The highest BCUT2D eigenvalue weighted by Gasteiger charge is 2.30. The lowest BCUT2D eigenvalue weighted by Crippen LogP contribution is -2.26. The third kappa shape index (κ3) is 3.58. The predicted octanol–water partition coefficient (Wildman–Crippen LogP) is 8.25. The van der Waals surface area contributed by atoms with Crippen molar-refractivity contribution in [1.82, 2.24) is 14.4 Å². The van der Waals surface area contributed by atoms with E-state index in [4.69, 9.17) is 21.8 Å². The summed E-state index contributed by atoms with van der Waals surface area (Å²) in [4.78, 5) is 10.2. The Labute approximate surface area is 253 Å². The molecule has 0 aliphatic rings. The van der Waals surface area contributed by atoms with Crippen LogP contribution in [0, 0.1) is 0 Å². The first-order valence-electron chi connectivity index (χ1n) is 14.4. The van der Waals surface area contributed by atoms with Gasteiger partial charge in [0.05, 0.1) is 22.1 Å². The van der Waals surface area contributed by atoms with Crippen molar-refractivity contribution in [3.63, 3.8) is 0 Å². The third-order valence-corrected chi connectivity index (χ3v) is 13.5. The smallest absolute Gasteiger partial charge is 0.146 e. The fourth-order valence-corrected chi connectivity index (χ4v) is 10.5. The second kappa shape index (κ2) is 9.31. The molecule has 202 valence electrons. The number of nitrogens with zero attached hydrogens (tertiary/aromatic N) is 3. The Hall–Kier alpha value is -4.89. The van der Waals surface area contributed by atoms with Crippen molar-refractivity contribution in [3.05, 3.63) is 146 Å². The zero-order valence-electron chi connectivity index (χ0n) is 23.1. The SMILES string of the molecule is S=P(c1ccc2ccccc2c1)(c1cnc2ccccc2c1)c1cccc2nc3c4ccccc4c4ccccc4n3c12. The molecule has 0 N–H and O–H groups in total. The summed E-state index contributed by atoms with van der Waals surface area (Å²) in [7, 11) is 0. The zero-order valence-corrected chi connectivity index (χ0v) is 24.8. The lowest BCUT2D eigenvalue weighted by atomic mass is 10.1. The van der Waals surface area contributed by atoms with Gasteiger partial charge in [-0.2, -0.15) is 0 Å². The van der Waals surface area contributed by atoms with E-state index in [1.54, 1.807) is 0 Å². The molecule has 0 aliphatic carbocycles. The first-order chi connectivity index (χ1) is 21.2. The Morgan fingerprint density at radius 1 is 0.535 bits per heavy atom. The van der Waals surface area contributed by atoms with E-state index in [2.05, 4.69) is 138 Å². The number of hydrogen-bond donors (Lipinski definition) is 0. The molecule has 0 spiro atoms. The van der Waals surface area contributed by atoms with Gasteiger partial charge in [-0.05, 0) is 51.8 Å². The van der Waals surface area contributed by atoms with Crippen molar-refractivity contribution >= 4 is 93.8 Å². The van der Waals surface area contributed by atoms with Crippen LogP contribution in [0.3, 0.4) is 0 Å². The van der Waals surface area contributed by atoms with Gasteiger partial charge < -0.3 is 0 Å². The number of aromatic nitrogens is 3. The first-order valence-corrected chi connectivity index (χ1v) is 17.2. The number of para-hydroxylation sites is 3. The summed E-state index contributed by atoms with van der Waals surface area (Å²) >= 11 is 7.03. The van der Waals surface area contributed by atoms with Gasteiger partial charge in [-0.3, -0.25) is 9.38 Å². The Morgan fingerprint density at radius 3 is 2.09 bits per heavy atom. The van der Waals surface area contributed by atoms with E-state index >= 15 is 0 Å². The molecule has 0 bridgehead atoms. The van der Waals surface area contributed by atoms with Gasteiger partial charge in [-0.15, -0.1) is 0 Å². The van der Waals surface area contributed by atoms with Crippen LogP contribution in [0.25, 0.3) is 60.0 Å². The van der Waals surface area contributed by atoms with Crippen LogP contribution < -0.4 is 15.9 Å². The van der Waals surface area contributed by atoms with E-state index < -0.39 is 6.04 Å². The number of benzene rings is 6.